The van der Waals surface area contributed by atoms with E-state index < -0.39 is 0 Å². The lowest BCUT2D eigenvalue weighted by atomic mass is 10.1. The Hall–Kier alpha value is -1.26. The van der Waals surface area contributed by atoms with Gasteiger partial charge in [-0.2, -0.15) is 0 Å². The fourth-order valence-corrected chi connectivity index (χ4v) is 2.34. The topological polar surface area (TPSA) is 41.6 Å². The van der Waals surface area contributed by atoms with Gasteiger partial charge in [-0.3, -0.25) is 9.69 Å². The summed E-state index contributed by atoms with van der Waals surface area (Å²) >= 11 is 5.95. The molecule has 3 rings (SSSR count). The van der Waals surface area contributed by atoms with E-state index in [2.05, 4.69) is 5.32 Å². The molecule has 0 aliphatic carbocycles. The van der Waals surface area contributed by atoms with Crippen LogP contribution in [0, 0.1) is 0 Å². The molecule has 0 radical (unpaired) electrons. The summed E-state index contributed by atoms with van der Waals surface area (Å²) in [6.07, 6.45) is 0. The molecule has 0 aromatic heterocycles. The molecule has 1 unspecified atom stereocenters. The van der Waals surface area contributed by atoms with E-state index >= 15 is 0 Å². The third-order valence-corrected chi connectivity index (χ3v) is 3.14. The number of nitrogens with zero attached hydrogens (tertiary/aromatic N) is 1. The van der Waals surface area contributed by atoms with Crippen molar-refractivity contribution in [2.75, 3.05) is 24.6 Å². The Kier molecular flexibility index (Phi) is 2.26. The number of ether oxygens (including phenoxy) is 1. The van der Waals surface area contributed by atoms with Crippen LogP contribution < -0.4 is 15.0 Å². The van der Waals surface area contributed by atoms with Gasteiger partial charge in [-0.1, -0.05) is 11.6 Å². The number of halogens is 1. The van der Waals surface area contributed by atoms with Crippen LogP contribution >= 0.6 is 11.6 Å². The molecule has 84 valence electrons. The van der Waals surface area contributed by atoms with E-state index in [1.54, 1.807) is 17.0 Å². The third kappa shape index (κ3) is 1.45. The van der Waals surface area contributed by atoms with E-state index in [1.165, 1.54) is 0 Å². The summed E-state index contributed by atoms with van der Waals surface area (Å²) in [5, 5.41) is 3.69. The summed E-state index contributed by atoms with van der Waals surface area (Å²) in [7, 11) is 0. The number of benzene rings is 1. The highest BCUT2D eigenvalue weighted by Gasteiger charge is 2.34. The van der Waals surface area contributed by atoms with Gasteiger partial charge < -0.3 is 10.1 Å². The second-order valence-corrected chi connectivity index (χ2v) is 4.41. The Morgan fingerprint density at radius 1 is 1.50 bits per heavy atom. The number of carbonyl (C=O) groups is 1. The fraction of sp³-hybridized carbons (Fsp3) is 0.364. The lowest BCUT2D eigenvalue weighted by Gasteiger charge is -2.40. The number of piperazine rings is 1. The number of amides is 1. The molecule has 1 N–H and O–H groups in total. The van der Waals surface area contributed by atoms with Crippen molar-refractivity contribution in [2.45, 2.75) is 6.04 Å². The van der Waals surface area contributed by atoms with Crippen molar-refractivity contribution in [3.63, 3.8) is 0 Å². The molecule has 1 aromatic carbocycles. The zero-order valence-corrected chi connectivity index (χ0v) is 9.33. The van der Waals surface area contributed by atoms with Gasteiger partial charge in [0.1, 0.15) is 12.4 Å². The second kappa shape index (κ2) is 3.64. The number of rotatable bonds is 0. The SMILES string of the molecule is O=C1CNCC2COc3ccc(Cl)cc3N12. The first-order valence-corrected chi connectivity index (χ1v) is 5.58. The quantitative estimate of drug-likeness (QED) is 0.734. The number of hydrogen-bond acceptors (Lipinski definition) is 3. The maximum absolute atomic E-state index is 11.9. The molecular formula is C11H11ClN2O2. The Morgan fingerprint density at radius 3 is 3.25 bits per heavy atom. The molecule has 1 amide bonds. The predicted molar refractivity (Wildman–Crippen MR) is 61.1 cm³/mol. The van der Waals surface area contributed by atoms with E-state index in [9.17, 15) is 4.79 Å². The number of anilines is 1. The smallest absolute Gasteiger partial charge is 0.241 e. The number of fused-ring (bicyclic) bond motifs is 3. The molecule has 0 bridgehead atoms. The molecule has 1 fully saturated rings. The normalized spacial score (nSPS) is 23.4. The minimum absolute atomic E-state index is 0.0723. The van der Waals surface area contributed by atoms with Crippen molar-refractivity contribution >= 4 is 23.2 Å². The predicted octanol–water partition coefficient (Wildman–Crippen LogP) is 1.04. The molecule has 0 saturated carbocycles. The van der Waals surface area contributed by atoms with Crippen molar-refractivity contribution in [1.82, 2.24) is 5.32 Å². The van der Waals surface area contributed by atoms with Gasteiger partial charge in [0.05, 0.1) is 18.3 Å². The molecule has 1 atom stereocenters. The lowest BCUT2D eigenvalue weighted by Crippen LogP contribution is -2.58. The van der Waals surface area contributed by atoms with Crippen molar-refractivity contribution < 1.29 is 9.53 Å². The maximum atomic E-state index is 11.9. The Balaban J connectivity index is 2.08. The number of nitrogens with one attached hydrogen (secondary N) is 1. The van der Waals surface area contributed by atoms with Crippen molar-refractivity contribution in [3.8, 4) is 5.75 Å². The van der Waals surface area contributed by atoms with E-state index in [0.717, 1.165) is 18.0 Å². The highest BCUT2D eigenvalue weighted by Crippen LogP contribution is 2.36. The molecule has 4 nitrogen and oxygen atoms in total. The molecular weight excluding hydrogens is 228 g/mol. The highest BCUT2D eigenvalue weighted by atomic mass is 35.5. The molecule has 16 heavy (non-hydrogen) atoms. The first-order chi connectivity index (χ1) is 7.75. The number of hydrogen-bond donors (Lipinski definition) is 1. The monoisotopic (exact) mass is 238 g/mol. The largest absolute Gasteiger partial charge is 0.489 e. The van der Waals surface area contributed by atoms with Gasteiger partial charge in [-0.15, -0.1) is 0 Å². The van der Waals surface area contributed by atoms with E-state index in [-0.39, 0.29) is 11.9 Å². The van der Waals surface area contributed by atoms with Crippen LogP contribution in [0.1, 0.15) is 0 Å². The first kappa shape index (κ1) is 9.93. The maximum Gasteiger partial charge on any atom is 0.241 e. The summed E-state index contributed by atoms with van der Waals surface area (Å²) in [5.41, 5.74) is 0.787. The summed E-state index contributed by atoms with van der Waals surface area (Å²) in [6, 6.07) is 5.44. The van der Waals surface area contributed by atoms with Crippen LogP contribution in [0.3, 0.4) is 0 Å². The lowest BCUT2D eigenvalue weighted by molar-refractivity contribution is -0.119. The number of carbonyl (C=O) groups excluding carboxylic acids is 1. The van der Waals surface area contributed by atoms with E-state index in [0.29, 0.717) is 18.2 Å². The van der Waals surface area contributed by atoms with Gasteiger partial charge in [0.25, 0.3) is 0 Å². The Bertz CT molecular complexity index is 450. The van der Waals surface area contributed by atoms with Gasteiger partial charge in [-0.05, 0) is 18.2 Å². The van der Waals surface area contributed by atoms with Crippen LogP contribution in [0.25, 0.3) is 0 Å². The average Bonchev–Trinajstić information content (AvgIpc) is 2.28. The van der Waals surface area contributed by atoms with Crippen LogP contribution in [-0.2, 0) is 4.79 Å². The fourth-order valence-electron chi connectivity index (χ4n) is 2.18. The van der Waals surface area contributed by atoms with Crippen molar-refractivity contribution in [1.29, 1.82) is 0 Å². The van der Waals surface area contributed by atoms with Gasteiger partial charge >= 0.3 is 0 Å². The Morgan fingerprint density at radius 2 is 2.38 bits per heavy atom. The average molecular weight is 239 g/mol. The standard InChI is InChI=1S/C11H11ClN2O2/c12-7-1-2-10-9(3-7)14-8(6-16-10)4-13-5-11(14)15/h1-3,8,13H,4-6H2. The molecule has 2 aliphatic rings. The zero-order valence-electron chi connectivity index (χ0n) is 8.57. The minimum atomic E-state index is 0.0723. The highest BCUT2D eigenvalue weighted by molar-refractivity contribution is 6.31. The first-order valence-electron chi connectivity index (χ1n) is 5.21. The Labute approximate surface area is 98.1 Å². The molecule has 1 aromatic rings. The summed E-state index contributed by atoms with van der Waals surface area (Å²) < 4.78 is 5.60. The summed E-state index contributed by atoms with van der Waals surface area (Å²) in [6.45, 7) is 1.67. The summed E-state index contributed by atoms with van der Waals surface area (Å²) in [5.74, 6) is 0.805. The second-order valence-electron chi connectivity index (χ2n) is 3.97. The molecule has 0 spiro atoms. The molecule has 2 heterocycles. The zero-order chi connectivity index (χ0) is 11.1. The van der Waals surface area contributed by atoms with Gasteiger partial charge in [0.2, 0.25) is 5.91 Å². The van der Waals surface area contributed by atoms with Gasteiger partial charge in [-0.25, -0.2) is 0 Å². The van der Waals surface area contributed by atoms with Crippen molar-refractivity contribution in [2.24, 2.45) is 0 Å². The molecule has 2 aliphatic heterocycles. The van der Waals surface area contributed by atoms with E-state index in [4.69, 9.17) is 16.3 Å². The van der Waals surface area contributed by atoms with Gasteiger partial charge in [0, 0.05) is 11.6 Å². The van der Waals surface area contributed by atoms with Crippen LogP contribution in [-0.4, -0.2) is 31.6 Å². The van der Waals surface area contributed by atoms with Crippen molar-refractivity contribution in [3.05, 3.63) is 23.2 Å². The van der Waals surface area contributed by atoms with Gasteiger partial charge in [0.15, 0.2) is 0 Å². The van der Waals surface area contributed by atoms with Crippen LogP contribution in [0.15, 0.2) is 18.2 Å². The summed E-state index contributed by atoms with van der Waals surface area (Å²) in [4.78, 5) is 13.7. The third-order valence-electron chi connectivity index (χ3n) is 2.90. The van der Waals surface area contributed by atoms with Crippen LogP contribution in [0.5, 0.6) is 5.75 Å². The van der Waals surface area contributed by atoms with Crippen LogP contribution in [0.2, 0.25) is 5.02 Å². The van der Waals surface area contributed by atoms with Crippen LogP contribution in [0.4, 0.5) is 5.69 Å². The molecule has 1 saturated heterocycles. The van der Waals surface area contributed by atoms with E-state index in [1.807, 2.05) is 6.07 Å². The molecule has 5 heteroatoms. The minimum Gasteiger partial charge on any atom is -0.489 e.